The maximum atomic E-state index is 12.7. The molecule has 3 rings (SSSR count). The first-order valence-electron chi connectivity index (χ1n) is 9.49. The molecule has 26 heavy (non-hydrogen) atoms. The van der Waals surface area contributed by atoms with Crippen molar-refractivity contribution in [3.05, 3.63) is 70.8 Å². The van der Waals surface area contributed by atoms with Crippen LogP contribution in [0.15, 0.2) is 54.1 Å². The van der Waals surface area contributed by atoms with Gasteiger partial charge >= 0.3 is 0 Å². The highest BCUT2D eigenvalue weighted by Crippen LogP contribution is 2.26. The van der Waals surface area contributed by atoms with Gasteiger partial charge in [0.25, 0.3) is 0 Å². The Morgan fingerprint density at radius 2 is 1.73 bits per heavy atom. The minimum atomic E-state index is 0.159. The highest BCUT2D eigenvalue weighted by Gasteiger charge is 2.20. The van der Waals surface area contributed by atoms with Crippen LogP contribution in [0.5, 0.6) is 5.75 Å². The predicted octanol–water partition coefficient (Wildman–Crippen LogP) is 4.62. The zero-order chi connectivity index (χ0) is 18.4. The van der Waals surface area contributed by atoms with Gasteiger partial charge in [0.2, 0.25) is 0 Å². The molecule has 1 aliphatic carbocycles. The van der Waals surface area contributed by atoms with E-state index in [4.69, 9.17) is 4.74 Å². The number of hydrogen-bond donors (Lipinski definition) is 0. The van der Waals surface area contributed by atoms with Gasteiger partial charge in [-0.25, -0.2) is 0 Å². The van der Waals surface area contributed by atoms with Crippen LogP contribution in [-0.4, -0.2) is 36.9 Å². The van der Waals surface area contributed by atoms with Crippen LogP contribution >= 0.6 is 0 Å². The molecule has 0 unspecified atom stereocenters. The van der Waals surface area contributed by atoms with Gasteiger partial charge in [-0.3, -0.25) is 4.79 Å². The van der Waals surface area contributed by atoms with Crippen LogP contribution in [0, 0.1) is 0 Å². The van der Waals surface area contributed by atoms with Gasteiger partial charge < -0.3 is 9.64 Å². The first-order valence-corrected chi connectivity index (χ1v) is 9.49. The van der Waals surface area contributed by atoms with E-state index in [2.05, 4.69) is 18.7 Å². The lowest BCUT2D eigenvalue weighted by Crippen LogP contribution is -2.27. The number of ketones is 1. The fraction of sp³-hybridized carbons (Fsp3) is 0.348. The zero-order valence-corrected chi connectivity index (χ0v) is 15.7. The number of carbonyl (C=O) groups is 1. The van der Waals surface area contributed by atoms with Gasteiger partial charge in [0.05, 0.1) is 0 Å². The monoisotopic (exact) mass is 349 g/mol. The molecule has 1 aliphatic rings. The molecular formula is C23H27NO2. The lowest BCUT2D eigenvalue weighted by atomic mass is 9.86. The summed E-state index contributed by atoms with van der Waals surface area (Å²) in [6.07, 6.45) is 3.75. The van der Waals surface area contributed by atoms with Crippen LogP contribution in [0.3, 0.4) is 0 Å². The smallest absolute Gasteiger partial charge is 0.189 e. The first kappa shape index (κ1) is 18.4. The van der Waals surface area contributed by atoms with Gasteiger partial charge in [-0.2, -0.15) is 0 Å². The molecule has 3 nitrogen and oxygen atoms in total. The second-order valence-electron chi connectivity index (χ2n) is 6.60. The van der Waals surface area contributed by atoms with Crippen molar-refractivity contribution in [2.75, 3.05) is 26.2 Å². The molecule has 0 N–H and O–H groups in total. The number of carbonyl (C=O) groups excluding carboxylic acids is 1. The Hall–Kier alpha value is -2.39. The largest absolute Gasteiger partial charge is 0.492 e. The van der Waals surface area contributed by atoms with E-state index >= 15 is 0 Å². The van der Waals surface area contributed by atoms with E-state index in [9.17, 15) is 4.79 Å². The van der Waals surface area contributed by atoms with Crippen molar-refractivity contribution in [1.82, 2.24) is 4.90 Å². The van der Waals surface area contributed by atoms with Crippen molar-refractivity contribution in [2.24, 2.45) is 0 Å². The topological polar surface area (TPSA) is 29.5 Å². The van der Waals surface area contributed by atoms with E-state index in [0.717, 1.165) is 60.5 Å². The second-order valence-corrected chi connectivity index (χ2v) is 6.60. The minimum Gasteiger partial charge on any atom is -0.492 e. The zero-order valence-electron chi connectivity index (χ0n) is 15.7. The van der Waals surface area contributed by atoms with E-state index in [0.29, 0.717) is 6.61 Å². The van der Waals surface area contributed by atoms with E-state index in [-0.39, 0.29) is 5.78 Å². The summed E-state index contributed by atoms with van der Waals surface area (Å²) in [7, 11) is 0. The number of hydrogen-bond acceptors (Lipinski definition) is 3. The molecule has 0 amide bonds. The molecule has 2 aromatic rings. The SMILES string of the molecule is CCN(CC)CCOc1ccc(/C=C2\CCc3ccccc3C2=O)cc1. The minimum absolute atomic E-state index is 0.159. The van der Waals surface area contributed by atoms with Crippen LogP contribution in [0.4, 0.5) is 0 Å². The standard InChI is InChI=1S/C23H27NO2/c1-3-24(4-2)15-16-26-21-13-9-18(10-14-21)17-20-12-11-19-7-5-6-8-22(19)23(20)25/h5-10,13-14,17H,3-4,11-12,15-16H2,1-2H3/b20-17+. The highest BCUT2D eigenvalue weighted by molar-refractivity contribution is 6.13. The van der Waals surface area contributed by atoms with Gasteiger partial charge in [-0.05, 0) is 55.3 Å². The number of benzene rings is 2. The Bertz CT molecular complexity index is 773. The number of fused-ring (bicyclic) bond motifs is 1. The summed E-state index contributed by atoms with van der Waals surface area (Å²) < 4.78 is 5.82. The summed E-state index contributed by atoms with van der Waals surface area (Å²) in [4.78, 5) is 15.0. The van der Waals surface area contributed by atoms with Crippen molar-refractivity contribution < 1.29 is 9.53 Å². The molecule has 3 heteroatoms. The number of allylic oxidation sites excluding steroid dienone is 1. The third kappa shape index (κ3) is 4.41. The van der Waals surface area contributed by atoms with E-state index in [1.165, 1.54) is 0 Å². The number of nitrogens with zero attached hydrogens (tertiary/aromatic N) is 1. The van der Waals surface area contributed by atoms with Gasteiger partial charge in [-0.1, -0.05) is 50.2 Å². The molecule has 0 atom stereocenters. The van der Waals surface area contributed by atoms with Crippen molar-refractivity contribution in [2.45, 2.75) is 26.7 Å². The van der Waals surface area contributed by atoms with Crippen LogP contribution in [0.2, 0.25) is 0 Å². The summed E-state index contributed by atoms with van der Waals surface area (Å²) in [5, 5.41) is 0. The van der Waals surface area contributed by atoms with Crippen LogP contribution in [0.25, 0.3) is 6.08 Å². The maximum absolute atomic E-state index is 12.7. The number of rotatable bonds is 7. The van der Waals surface area contributed by atoms with Crippen molar-refractivity contribution in [1.29, 1.82) is 0 Å². The number of ether oxygens (including phenoxy) is 1. The molecule has 0 saturated heterocycles. The van der Waals surface area contributed by atoms with Crippen LogP contribution in [-0.2, 0) is 6.42 Å². The van der Waals surface area contributed by atoms with E-state index in [1.807, 2.05) is 54.6 Å². The third-order valence-electron chi connectivity index (χ3n) is 5.01. The fourth-order valence-corrected chi connectivity index (χ4v) is 3.35. The predicted molar refractivity (Wildman–Crippen MR) is 107 cm³/mol. The van der Waals surface area contributed by atoms with E-state index < -0.39 is 0 Å². The lowest BCUT2D eigenvalue weighted by molar-refractivity contribution is 0.102. The number of Topliss-reactive ketones (excluding diaryl/α,β-unsaturated/α-hetero) is 1. The molecule has 0 heterocycles. The number of likely N-dealkylation sites (N-methyl/N-ethyl adjacent to an activating group) is 1. The Balaban J connectivity index is 1.62. The molecular weight excluding hydrogens is 322 g/mol. The molecule has 0 fully saturated rings. The average Bonchev–Trinajstić information content (AvgIpc) is 2.69. The molecule has 0 radical (unpaired) electrons. The Labute approximate surface area is 156 Å². The normalized spacial score (nSPS) is 15.3. The van der Waals surface area contributed by atoms with Gasteiger partial charge in [-0.15, -0.1) is 0 Å². The quantitative estimate of drug-likeness (QED) is 0.683. The second kappa shape index (κ2) is 8.81. The summed E-state index contributed by atoms with van der Waals surface area (Å²) >= 11 is 0. The summed E-state index contributed by atoms with van der Waals surface area (Å²) in [5.41, 5.74) is 3.94. The summed E-state index contributed by atoms with van der Waals surface area (Å²) in [6.45, 7) is 8.05. The summed E-state index contributed by atoms with van der Waals surface area (Å²) in [5.74, 6) is 1.03. The third-order valence-corrected chi connectivity index (χ3v) is 5.01. The Morgan fingerprint density at radius 1 is 1.00 bits per heavy atom. The Morgan fingerprint density at radius 3 is 2.46 bits per heavy atom. The average molecular weight is 349 g/mol. The van der Waals surface area contributed by atoms with Gasteiger partial charge in [0.15, 0.2) is 5.78 Å². The van der Waals surface area contributed by atoms with Crippen molar-refractivity contribution in [3.63, 3.8) is 0 Å². The molecule has 0 aliphatic heterocycles. The number of aryl methyl sites for hydroxylation is 1. The van der Waals surface area contributed by atoms with Crippen molar-refractivity contribution in [3.8, 4) is 5.75 Å². The molecule has 0 aromatic heterocycles. The molecule has 2 aromatic carbocycles. The van der Waals surface area contributed by atoms with Gasteiger partial charge in [0, 0.05) is 17.7 Å². The van der Waals surface area contributed by atoms with Crippen LogP contribution < -0.4 is 4.74 Å². The maximum Gasteiger partial charge on any atom is 0.189 e. The molecule has 0 spiro atoms. The van der Waals surface area contributed by atoms with Crippen LogP contribution in [0.1, 0.15) is 41.8 Å². The summed E-state index contributed by atoms with van der Waals surface area (Å²) in [6, 6.07) is 15.9. The highest BCUT2D eigenvalue weighted by atomic mass is 16.5. The van der Waals surface area contributed by atoms with E-state index in [1.54, 1.807) is 0 Å². The Kier molecular flexibility index (Phi) is 6.24. The molecule has 0 saturated carbocycles. The molecule has 0 bridgehead atoms. The molecule has 136 valence electrons. The lowest BCUT2D eigenvalue weighted by Gasteiger charge is -2.18. The van der Waals surface area contributed by atoms with Crippen molar-refractivity contribution >= 4 is 11.9 Å². The fourth-order valence-electron chi connectivity index (χ4n) is 3.35. The van der Waals surface area contributed by atoms with Gasteiger partial charge in [0.1, 0.15) is 12.4 Å². The first-order chi connectivity index (χ1) is 12.7.